The van der Waals surface area contributed by atoms with E-state index in [9.17, 15) is 9.59 Å². The predicted octanol–water partition coefficient (Wildman–Crippen LogP) is 2.11. The zero-order valence-corrected chi connectivity index (χ0v) is 11.0. The molecule has 1 unspecified atom stereocenters. The number of carbonyl (C=O) groups is 2. The molecular weight excluding hydrogens is 256 g/mol. The summed E-state index contributed by atoms with van der Waals surface area (Å²) in [5.41, 5.74) is 1.41. The Balaban J connectivity index is 2.67. The minimum atomic E-state index is -0.759. The van der Waals surface area contributed by atoms with Gasteiger partial charge in [0.2, 0.25) is 5.91 Å². The van der Waals surface area contributed by atoms with Crippen molar-refractivity contribution >= 4 is 29.2 Å². The first kappa shape index (κ1) is 14.5. The Morgan fingerprint density at radius 2 is 2.06 bits per heavy atom. The Labute approximate surface area is 110 Å². The SMILES string of the molecule is COCc1ccccc1NC(=O)NC(=O)C(C)Cl. The summed E-state index contributed by atoms with van der Waals surface area (Å²) in [4.78, 5) is 22.8. The number of amides is 3. The second-order valence-electron chi connectivity index (χ2n) is 3.65. The number of anilines is 1. The van der Waals surface area contributed by atoms with Crippen LogP contribution in [0.2, 0.25) is 0 Å². The third-order valence-electron chi connectivity index (χ3n) is 2.16. The van der Waals surface area contributed by atoms with E-state index in [-0.39, 0.29) is 0 Å². The topological polar surface area (TPSA) is 67.4 Å². The Hall–Kier alpha value is -1.59. The summed E-state index contributed by atoms with van der Waals surface area (Å²) in [6.45, 7) is 1.86. The number of benzene rings is 1. The van der Waals surface area contributed by atoms with Crippen molar-refractivity contribution in [3.05, 3.63) is 29.8 Å². The van der Waals surface area contributed by atoms with Crippen molar-refractivity contribution in [3.8, 4) is 0 Å². The van der Waals surface area contributed by atoms with Gasteiger partial charge in [-0.15, -0.1) is 11.6 Å². The second-order valence-corrected chi connectivity index (χ2v) is 4.30. The molecule has 0 bridgehead atoms. The third kappa shape index (κ3) is 4.35. The quantitative estimate of drug-likeness (QED) is 0.824. The van der Waals surface area contributed by atoms with E-state index in [4.69, 9.17) is 16.3 Å². The van der Waals surface area contributed by atoms with Crippen LogP contribution in [0.1, 0.15) is 12.5 Å². The van der Waals surface area contributed by atoms with Crippen LogP contribution < -0.4 is 10.6 Å². The van der Waals surface area contributed by atoms with Crippen molar-refractivity contribution in [2.45, 2.75) is 18.9 Å². The summed E-state index contributed by atoms with van der Waals surface area (Å²) in [6.07, 6.45) is 0. The predicted molar refractivity (Wildman–Crippen MR) is 69.6 cm³/mol. The zero-order valence-electron chi connectivity index (χ0n) is 10.2. The maximum absolute atomic E-state index is 11.5. The lowest BCUT2D eigenvalue weighted by Crippen LogP contribution is -2.38. The van der Waals surface area contributed by atoms with E-state index in [0.29, 0.717) is 12.3 Å². The van der Waals surface area contributed by atoms with E-state index in [1.54, 1.807) is 19.2 Å². The van der Waals surface area contributed by atoms with Crippen molar-refractivity contribution in [2.75, 3.05) is 12.4 Å². The van der Waals surface area contributed by atoms with Crippen LogP contribution in [0.15, 0.2) is 24.3 Å². The van der Waals surface area contributed by atoms with E-state index >= 15 is 0 Å². The average molecular weight is 271 g/mol. The van der Waals surface area contributed by atoms with Crippen LogP contribution in [0.25, 0.3) is 0 Å². The van der Waals surface area contributed by atoms with Gasteiger partial charge in [0.15, 0.2) is 0 Å². The molecule has 18 heavy (non-hydrogen) atoms. The average Bonchev–Trinajstić information content (AvgIpc) is 2.31. The highest BCUT2D eigenvalue weighted by Crippen LogP contribution is 2.15. The van der Waals surface area contributed by atoms with Gasteiger partial charge >= 0.3 is 6.03 Å². The van der Waals surface area contributed by atoms with Crippen molar-refractivity contribution in [2.24, 2.45) is 0 Å². The number of halogens is 1. The Bertz CT molecular complexity index is 435. The molecule has 0 spiro atoms. The summed E-state index contributed by atoms with van der Waals surface area (Å²) in [5, 5.41) is 3.95. The third-order valence-corrected chi connectivity index (χ3v) is 2.36. The maximum Gasteiger partial charge on any atom is 0.325 e. The zero-order chi connectivity index (χ0) is 13.5. The molecule has 0 aliphatic heterocycles. The highest BCUT2D eigenvalue weighted by Gasteiger charge is 2.13. The summed E-state index contributed by atoms with van der Waals surface area (Å²) in [5.74, 6) is -0.543. The van der Waals surface area contributed by atoms with Crippen LogP contribution in [0.5, 0.6) is 0 Å². The summed E-state index contributed by atoms with van der Waals surface area (Å²) >= 11 is 5.54. The van der Waals surface area contributed by atoms with Gasteiger partial charge in [-0.25, -0.2) is 4.79 Å². The summed E-state index contributed by atoms with van der Waals surface area (Å²) in [6, 6.07) is 6.55. The second kappa shape index (κ2) is 6.98. The molecule has 1 aromatic rings. The number of alkyl halides is 1. The lowest BCUT2D eigenvalue weighted by Gasteiger charge is -2.11. The minimum absolute atomic E-state index is 0.371. The molecule has 0 radical (unpaired) electrons. The molecule has 1 atom stereocenters. The van der Waals surface area contributed by atoms with Crippen LogP contribution in [0.4, 0.5) is 10.5 Å². The number of methoxy groups -OCH3 is 1. The van der Waals surface area contributed by atoms with Crippen LogP contribution in [-0.2, 0) is 16.1 Å². The molecule has 0 aliphatic carbocycles. The number of hydrogen-bond acceptors (Lipinski definition) is 3. The molecule has 0 saturated carbocycles. The summed E-state index contributed by atoms with van der Waals surface area (Å²) in [7, 11) is 1.57. The molecule has 0 saturated heterocycles. The number of ether oxygens (including phenoxy) is 1. The van der Waals surface area contributed by atoms with Crippen LogP contribution in [-0.4, -0.2) is 24.4 Å². The van der Waals surface area contributed by atoms with E-state index < -0.39 is 17.3 Å². The van der Waals surface area contributed by atoms with E-state index in [2.05, 4.69) is 10.6 Å². The number of rotatable bonds is 4. The van der Waals surface area contributed by atoms with Crippen LogP contribution in [0, 0.1) is 0 Å². The largest absolute Gasteiger partial charge is 0.380 e. The lowest BCUT2D eigenvalue weighted by atomic mass is 10.2. The molecule has 6 heteroatoms. The lowest BCUT2D eigenvalue weighted by molar-refractivity contribution is -0.119. The molecule has 5 nitrogen and oxygen atoms in total. The normalized spacial score (nSPS) is 11.7. The monoisotopic (exact) mass is 270 g/mol. The number of hydrogen-bond donors (Lipinski definition) is 2. The molecule has 2 N–H and O–H groups in total. The standard InChI is InChI=1S/C12H15ClN2O3/c1-8(13)11(16)15-12(17)14-10-6-4-3-5-9(10)7-18-2/h3-6,8H,7H2,1-2H3,(H2,14,15,16,17). The molecule has 1 aromatic carbocycles. The van der Waals surface area contributed by atoms with Gasteiger partial charge in [0.25, 0.3) is 0 Å². The molecule has 0 aromatic heterocycles. The summed E-state index contributed by atoms with van der Waals surface area (Å²) < 4.78 is 5.01. The van der Waals surface area contributed by atoms with E-state index in [1.165, 1.54) is 6.92 Å². The number of imide groups is 1. The fraction of sp³-hybridized carbons (Fsp3) is 0.333. The van der Waals surface area contributed by atoms with Gasteiger partial charge in [-0.05, 0) is 13.0 Å². The van der Waals surface area contributed by atoms with Crippen LogP contribution >= 0.6 is 11.6 Å². The van der Waals surface area contributed by atoms with Crippen molar-refractivity contribution in [1.82, 2.24) is 5.32 Å². The molecule has 1 rings (SSSR count). The van der Waals surface area contributed by atoms with Gasteiger partial charge in [-0.1, -0.05) is 18.2 Å². The van der Waals surface area contributed by atoms with Crippen molar-refractivity contribution < 1.29 is 14.3 Å². The van der Waals surface area contributed by atoms with Gasteiger partial charge in [-0.2, -0.15) is 0 Å². The Morgan fingerprint density at radius 1 is 1.39 bits per heavy atom. The molecule has 0 aliphatic rings. The van der Waals surface area contributed by atoms with Crippen molar-refractivity contribution in [1.29, 1.82) is 0 Å². The Morgan fingerprint density at radius 3 is 2.67 bits per heavy atom. The molecule has 0 fully saturated rings. The Kier molecular flexibility index (Phi) is 5.61. The number of para-hydroxylation sites is 1. The number of nitrogens with one attached hydrogen (secondary N) is 2. The first-order valence-corrected chi connectivity index (χ1v) is 5.81. The van der Waals surface area contributed by atoms with Gasteiger partial charge in [0.05, 0.1) is 6.61 Å². The fourth-order valence-electron chi connectivity index (χ4n) is 1.29. The van der Waals surface area contributed by atoms with Crippen molar-refractivity contribution in [3.63, 3.8) is 0 Å². The van der Waals surface area contributed by atoms with E-state index in [1.807, 2.05) is 12.1 Å². The van der Waals surface area contributed by atoms with Crippen LogP contribution in [0.3, 0.4) is 0 Å². The smallest absolute Gasteiger partial charge is 0.325 e. The van der Waals surface area contributed by atoms with Gasteiger partial charge in [0, 0.05) is 18.4 Å². The first-order valence-electron chi connectivity index (χ1n) is 5.37. The fourth-order valence-corrected chi connectivity index (χ4v) is 1.34. The highest BCUT2D eigenvalue weighted by molar-refractivity contribution is 6.31. The van der Waals surface area contributed by atoms with Gasteiger partial charge in [0.1, 0.15) is 5.38 Å². The minimum Gasteiger partial charge on any atom is -0.380 e. The molecule has 3 amide bonds. The number of urea groups is 1. The van der Waals surface area contributed by atoms with Gasteiger partial charge in [-0.3, -0.25) is 10.1 Å². The number of carbonyl (C=O) groups excluding carboxylic acids is 2. The highest BCUT2D eigenvalue weighted by atomic mass is 35.5. The maximum atomic E-state index is 11.5. The molecular formula is C12H15ClN2O3. The molecule has 0 heterocycles. The van der Waals surface area contributed by atoms with E-state index in [0.717, 1.165) is 5.56 Å². The first-order chi connectivity index (χ1) is 8.54. The molecule has 98 valence electrons. The van der Waals surface area contributed by atoms with Gasteiger partial charge < -0.3 is 10.1 Å².